The largest absolute Gasteiger partial charge is 0.348 e. The second-order valence-electron chi connectivity index (χ2n) is 2.96. The number of allylic oxidation sites excluding steroid dienone is 1. The van der Waals surface area contributed by atoms with Gasteiger partial charge in [0.1, 0.15) is 11.6 Å². The summed E-state index contributed by atoms with van der Waals surface area (Å²) in [4.78, 5) is 11.4. The van der Waals surface area contributed by atoms with Gasteiger partial charge in [0, 0.05) is 12.4 Å². The van der Waals surface area contributed by atoms with E-state index in [1.807, 2.05) is 0 Å². The van der Waals surface area contributed by atoms with Crippen LogP contribution in [0.15, 0.2) is 30.4 Å². The van der Waals surface area contributed by atoms with Gasteiger partial charge in [0.05, 0.1) is 5.56 Å². The second-order valence-corrected chi connectivity index (χ2v) is 3.27. The van der Waals surface area contributed by atoms with Gasteiger partial charge in [-0.3, -0.25) is 4.79 Å². The molecule has 0 aromatic heterocycles. The maximum atomic E-state index is 13.1. The smallest absolute Gasteiger partial charge is 0.254 e. The van der Waals surface area contributed by atoms with Crippen LogP contribution < -0.4 is 5.32 Å². The van der Waals surface area contributed by atoms with Crippen molar-refractivity contribution in [1.29, 1.82) is 0 Å². The highest BCUT2D eigenvalue weighted by atomic mass is 35.5. The van der Waals surface area contributed by atoms with E-state index in [1.54, 1.807) is 12.2 Å². The highest BCUT2D eigenvalue weighted by Crippen LogP contribution is 2.09. The van der Waals surface area contributed by atoms with Crippen molar-refractivity contribution >= 4 is 17.5 Å². The van der Waals surface area contributed by atoms with Crippen molar-refractivity contribution in [2.24, 2.45) is 0 Å². The summed E-state index contributed by atoms with van der Waals surface area (Å²) in [6.45, 7) is 0.224. The molecule has 0 saturated carbocycles. The fourth-order valence-electron chi connectivity index (χ4n) is 1.06. The minimum atomic E-state index is -0.750. The van der Waals surface area contributed by atoms with Gasteiger partial charge in [-0.25, -0.2) is 8.78 Å². The number of carbonyl (C=O) groups is 1. The van der Waals surface area contributed by atoms with Gasteiger partial charge in [-0.1, -0.05) is 12.2 Å². The van der Waals surface area contributed by atoms with E-state index < -0.39 is 17.5 Å². The summed E-state index contributed by atoms with van der Waals surface area (Å²) in [7, 11) is 0. The Morgan fingerprint density at radius 1 is 1.38 bits per heavy atom. The van der Waals surface area contributed by atoms with E-state index in [2.05, 4.69) is 5.32 Å². The molecule has 0 aliphatic rings. The third-order valence-electron chi connectivity index (χ3n) is 1.81. The van der Waals surface area contributed by atoms with Crippen molar-refractivity contribution in [1.82, 2.24) is 5.32 Å². The van der Waals surface area contributed by atoms with Gasteiger partial charge >= 0.3 is 0 Å². The summed E-state index contributed by atoms with van der Waals surface area (Å²) in [5.74, 6) is -1.72. The van der Waals surface area contributed by atoms with Crippen LogP contribution in [0.3, 0.4) is 0 Å². The van der Waals surface area contributed by atoms with Crippen molar-refractivity contribution in [3.8, 4) is 0 Å². The Kier molecular flexibility index (Phi) is 4.92. The number of rotatable bonds is 4. The maximum absolute atomic E-state index is 13.1. The third-order valence-corrected chi connectivity index (χ3v) is 1.99. The summed E-state index contributed by atoms with van der Waals surface area (Å²) < 4.78 is 25.9. The van der Waals surface area contributed by atoms with Crippen molar-refractivity contribution in [2.75, 3.05) is 12.4 Å². The average molecular weight is 246 g/mol. The van der Waals surface area contributed by atoms with Crippen LogP contribution in [-0.2, 0) is 0 Å². The zero-order valence-corrected chi connectivity index (χ0v) is 9.10. The molecule has 0 heterocycles. The molecule has 0 radical (unpaired) electrons. The van der Waals surface area contributed by atoms with Crippen LogP contribution in [0.4, 0.5) is 8.78 Å². The molecule has 5 heteroatoms. The Bertz CT molecular complexity index is 407. The van der Waals surface area contributed by atoms with Crippen LogP contribution in [0.1, 0.15) is 10.4 Å². The van der Waals surface area contributed by atoms with Gasteiger partial charge in [0.2, 0.25) is 0 Å². The van der Waals surface area contributed by atoms with Gasteiger partial charge in [-0.05, 0) is 18.2 Å². The Hall–Kier alpha value is -1.42. The molecule has 0 aliphatic carbocycles. The van der Waals surface area contributed by atoms with Gasteiger partial charge < -0.3 is 5.32 Å². The van der Waals surface area contributed by atoms with E-state index >= 15 is 0 Å². The first kappa shape index (κ1) is 12.6. The number of hydrogen-bond acceptors (Lipinski definition) is 1. The average Bonchev–Trinajstić information content (AvgIpc) is 2.27. The standard InChI is InChI=1S/C11H10ClF2NO/c12-5-1-2-6-15-11(16)9-7-8(13)3-4-10(9)14/h1-4,7H,5-6H2,(H,15,16)/b2-1+. The van der Waals surface area contributed by atoms with Crippen LogP contribution in [0.25, 0.3) is 0 Å². The highest BCUT2D eigenvalue weighted by molar-refractivity contribution is 6.18. The summed E-state index contributed by atoms with van der Waals surface area (Å²) in [5.41, 5.74) is -0.306. The summed E-state index contributed by atoms with van der Waals surface area (Å²) in [5, 5.41) is 2.41. The zero-order chi connectivity index (χ0) is 12.0. The van der Waals surface area contributed by atoms with Crippen LogP contribution in [0.2, 0.25) is 0 Å². The number of alkyl halides is 1. The Balaban J connectivity index is 2.65. The quantitative estimate of drug-likeness (QED) is 0.641. The topological polar surface area (TPSA) is 29.1 Å². The number of benzene rings is 1. The van der Waals surface area contributed by atoms with Gasteiger partial charge in [-0.15, -0.1) is 11.6 Å². The summed E-state index contributed by atoms with van der Waals surface area (Å²) in [6, 6.07) is 2.73. The molecule has 0 saturated heterocycles. The van der Waals surface area contributed by atoms with Crippen LogP contribution in [-0.4, -0.2) is 18.3 Å². The molecule has 86 valence electrons. The fraction of sp³-hybridized carbons (Fsp3) is 0.182. The number of halogens is 3. The van der Waals surface area contributed by atoms with Crippen LogP contribution in [0.5, 0.6) is 0 Å². The lowest BCUT2D eigenvalue weighted by molar-refractivity contribution is 0.0953. The van der Waals surface area contributed by atoms with E-state index in [1.165, 1.54) is 0 Å². The minimum Gasteiger partial charge on any atom is -0.348 e. The molecule has 1 amide bonds. The highest BCUT2D eigenvalue weighted by Gasteiger charge is 2.11. The van der Waals surface area contributed by atoms with E-state index in [0.717, 1.165) is 18.2 Å². The molecule has 1 aromatic rings. The van der Waals surface area contributed by atoms with Crippen molar-refractivity contribution in [3.05, 3.63) is 47.5 Å². The van der Waals surface area contributed by atoms with Gasteiger partial charge in [0.25, 0.3) is 5.91 Å². The number of nitrogens with one attached hydrogen (secondary N) is 1. The third kappa shape index (κ3) is 3.62. The SMILES string of the molecule is O=C(NC/C=C/CCl)c1cc(F)ccc1F. The Morgan fingerprint density at radius 3 is 2.81 bits per heavy atom. The molecule has 0 atom stereocenters. The molecular formula is C11H10ClF2NO. The molecule has 1 rings (SSSR count). The van der Waals surface area contributed by atoms with Gasteiger partial charge in [0.15, 0.2) is 0 Å². The first-order chi connectivity index (χ1) is 7.65. The molecule has 0 spiro atoms. The van der Waals surface area contributed by atoms with Crippen molar-refractivity contribution in [2.45, 2.75) is 0 Å². The molecule has 0 fully saturated rings. The molecule has 1 aromatic carbocycles. The maximum Gasteiger partial charge on any atom is 0.254 e. The monoisotopic (exact) mass is 245 g/mol. The Morgan fingerprint density at radius 2 is 2.12 bits per heavy atom. The lowest BCUT2D eigenvalue weighted by Gasteiger charge is -2.03. The number of hydrogen-bond donors (Lipinski definition) is 1. The van der Waals surface area contributed by atoms with Crippen molar-refractivity contribution < 1.29 is 13.6 Å². The normalized spacial score (nSPS) is 10.7. The molecule has 16 heavy (non-hydrogen) atoms. The fourth-order valence-corrected chi connectivity index (χ4v) is 1.19. The van der Waals surface area contributed by atoms with Gasteiger partial charge in [-0.2, -0.15) is 0 Å². The summed E-state index contributed by atoms with van der Waals surface area (Å²) >= 11 is 5.37. The van der Waals surface area contributed by atoms with Crippen LogP contribution in [0, 0.1) is 11.6 Å². The lowest BCUT2D eigenvalue weighted by atomic mass is 10.2. The van der Waals surface area contributed by atoms with E-state index in [-0.39, 0.29) is 12.1 Å². The van der Waals surface area contributed by atoms with Crippen LogP contribution >= 0.6 is 11.6 Å². The minimum absolute atomic E-state index is 0.224. The second kappa shape index (κ2) is 6.23. The Labute approximate surface area is 96.9 Å². The first-order valence-corrected chi connectivity index (χ1v) is 5.13. The van der Waals surface area contributed by atoms with E-state index in [0.29, 0.717) is 5.88 Å². The predicted octanol–water partition coefficient (Wildman–Crippen LogP) is 2.49. The molecule has 2 nitrogen and oxygen atoms in total. The van der Waals surface area contributed by atoms with E-state index in [4.69, 9.17) is 11.6 Å². The molecule has 0 aliphatic heterocycles. The predicted molar refractivity (Wildman–Crippen MR) is 58.6 cm³/mol. The summed E-state index contributed by atoms with van der Waals surface area (Å²) in [6.07, 6.45) is 3.27. The molecular weight excluding hydrogens is 236 g/mol. The molecule has 0 bridgehead atoms. The lowest BCUT2D eigenvalue weighted by Crippen LogP contribution is -2.24. The first-order valence-electron chi connectivity index (χ1n) is 4.59. The van der Waals surface area contributed by atoms with Crippen molar-refractivity contribution in [3.63, 3.8) is 0 Å². The van der Waals surface area contributed by atoms with E-state index in [9.17, 15) is 13.6 Å². The molecule has 1 N–H and O–H groups in total. The zero-order valence-electron chi connectivity index (χ0n) is 8.34. The molecule has 0 unspecified atom stereocenters. The number of amides is 1. The number of carbonyl (C=O) groups excluding carboxylic acids is 1.